The zero-order chi connectivity index (χ0) is 19.4. The number of aliphatic imine (C=N–C) groups is 1. The highest BCUT2D eigenvalue weighted by atomic mass is 35.5. The van der Waals surface area contributed by atoms with E-state index in [0.29, 0.717) is 41.2 Å². The number of amides is 1. The number of sulfone groups is 1. The zero-order valence-electron chi connectivity index (χ0n) is 14.9. The molecule has 0 aromatic heterocycles. The van der Waals surface area contributed by atoms with Crippen molar-refractivity contribution in [2.45, 2.75) is 24.6 Å². The summed E-state index contributed by atoms with van der Waals surface area (Å²) in [6, 6.07) is 4.78. The largest absolute Gasteiger partial charge is 0.382 e. The summed E-state index contributed by atoms with van der Waals surface area (Å²) in [5, 5.41) is 7.03. The molecule has 0 unspecified atom stereocenters. The number of carbonyl (C=O) groups is 1. The van der Waals surface area contributed by atoms with Crippen LogP contribution in [-0.4, -0.2) is 62.0 Å². The van der Waals surface area contributed by atoms with Crippen LogP contribution in [0.2, 0.25) is 5.02 Å². The van der Waals surface area contributed by atoms with Crippen molar-refractivity contribution < 1.29 is 17.9 Å². The quantitative estimate of drug-likeness (QED) is 0.642. The van der Waals surface area contributed by atoms with Crippen LogP contribution in [0.1, 0.15) is 23.7 Å². The van der Waals surface area contributed by atoms with Gasteiger partial charge in [0.25, 0.3) is 5.91 Å². The van der Waals surface area contributed by atoms with Crippen LogP contribution < -0.4 is 10.6 Å². The fraction of sp³-hybridized carbons (Fsp3) is 0.529. The molecule has 2 N–H and O–H groups in total. The smallest absolute Gasteiger partial charge is 0.251 e. The summed E-state index contributed by atoms with van der Waals surface area (Å²) >= 11 is 7.65. The summed E-state index contributed by atoms with van der Waals surface area (Å²) in [6.45, 7) is 3.74. The first-order chi connectivity index (χ1) is 12.9. The maximum Gasteiger partial charge on any atom is 0.251 e. The normalized spacial score (nSPS) is 23.0. The molecule has 0 bridgehead atoms. The van der Waals surface area contributed by atoms with E-state index >= 15 is 0 Å². The average Bonchev–Trinajstić information content (AvgIpc) is 3.09. The summed E-state index contributed by atoms with van der Waals surface area (Å²) < 4.78 is 28.5. The summed E-state index contributed by atoms with van der Waals surface area (Å²) in [6.07, 6.45) is 0.747. The van der Waals surface area contributed by atoms with Crippen LogP contribution in [0.5, 0.6) is 0 Å². The minimum Gasteiger partial charge on any atom is -0.382 e. The molecule has 1 amide bonds. The van der Waals surface area contributed by atoms with Gasteiger partial charge in [0.05, 0.1) is 28.3 Å². The lowest BCUT2D eigenvalue weighted by atomic mass is 10.2. The Kier molecular flexibility index (Phi) is 6.67. The molecule has 2 heterocycles. The maximum atomic E-state index is 12.3. The number of halogens is 1. The van der Waals surface area contributed by atoms with Crippen LogP contribution in [0.25, 0.3) is 0 Å². The van der Waals surface area contributed by atoms with E-state index in [1.165, 1.54) is 11.8 Å². The molecule has 1 aromatic carbocycles. The second-order valence-corrected chi connectivity index (χ2v) is 10.1. The van der Waals surface area contributed by atoms with Crippen LogP contribution in [0, 0.1) is 0 Å². The standard InChI is InChI=1S/C17H22ClN3O4S2/c1-2-25-7-3-6-19-16(22)11-4-5-12(18)13(8-11)20-17-21-14-9-27(23,24)10-15(14)26-17/h4-5,8,14-15H,2-3,6-7,9-10H2,1H3,(H,19,22)(H,20,21)/t14-,15+/m1/s1. The number of nitrogens with zero attached hydrogens (tertiary/aromatic N) is 1. The molecule has 1 saturated heterocycles. The van der Waals surface area contributed by atoms with Gasteiger partial charge in [-0.05, 0) is 31.5 Å². The van der Waals surface area contributed by atoms with Gasteiger partial charge in [-0.1, -0.05) is 23.4 Å². The number of nitrogens with one attached hydrogen (secondary N) is 2. The van der Waals surface area contributed by atoms with Crippen LogP contribution in [0.4, 0.5) is 5.69 Å². The summed E-state index contributed by atoms with van der Waals surface area (Å²) in [7, 11) is -2.99. The van der Waals surface area contributed by atoms with Gasteiger partial charge >= 0.3 is 0 Å². The Morgan fingerprint density at radius 3 is 2.96 bits per heavy atom. The van der Waals surface area contributed by atoms with Gasteiger partial charge in [0, 0.05) is 30.6 Å². The number of fused-ring (bicyclic) bond motifs is 1. The van der Waals surface area contributed by atoms with Gasteiger partial charge in [-0.25, -0.2) is 8.42 Å². The Morgan fingerprint density at radius 2 is 2.22 bits per heavy atom. The summed E-state index contributed by atoms with van der Waals surface area (Å²) in [5.41, 5.74) is 1.07. The van der Waals surface area contributed by atoms with Gasteiger partial charge in [0.15, 0.2) is 15.0 Å². The third-order valence-corrected chi connectivity index (χ3v) is 7.71. The van der Waals surface area contributed by atoms with Crippen molar-refractivity contribution in [2.24, 2.45) is 4.99 Å². The molecule has 148 valence electrons. The molecule has 2 atom stereocenters. The molecule has 0 spiro atoms. The number of amidine groups is 1. The zero-order valence-corrected chi connectivity index (χ0v) is 17.3. The molecule has 27 heavy (non-hydrogen) atoms. The second kappa shape index (κ2) is 8.81. The van der Waals surface area contributed by atoms with Crippen LogP contribution >= 0.6 is 23.4 Å². The van der Waals surface area contributed by atoms with Gasteiger partial charge in [-0.3, -0.25) is 9.79 Å². The Labute approximate surface area is 168 Å². The molecule has 10 heteroatoms. The number of hydrogen-bond acceptors (Lipinski definition) is 7. The molecular weight excluding hydrogens is 410 g/mol. The molecule has 7 nitrogen and oxygen atoms in total. The molecule has 2 aliphatic heterocycles. The number of carbonyl (C=O) groups excluding carboxylic acids is 1. The number of benzene rings is 1. The third kappa shape index (κ3) is 5.37. The second-order valence-electron chi connectivity index (χ2n) is 6.36. The van der Waals surface area contributed by atoms with Gasteiger partial charge in [0.1, 0.15) is 0 Å². The molecule has 0 radical (unpaired) electrons. The third-order valence-electron chi connectivity index (χ3n) is 4.24. The van der Waals surface area contributed by atoms with E-state index in [4.69, 9.17) is 16.3 Å². The van der Waals surface area contributed by atoms with E-state index in [2.05, 4.69) is 15.6 Å². The van der Waals surface area contributed by atoms with Crippen LogP contribution in [0.3, 0.4) is 0 Å². The highest BCUT2D eigenvalue weighted by molar-refractivity contribution is 8.15. The van der Waals surface area contributed by atoms with E-state index in [1.54, 1.807) is 18.2 Å². The van der Waals surface area contributed by atoms with Crippen molar-refractivity contribution in [1.29, 1.82) is 0 Å². The molecule has 2 aliphatic rings. The summed E-state index contributed by atoms with van der Waals surface area (Å²) in [4.78, 5) is 16.7. The number of ether oxygens (including phenoxy) is 1. The van der Waals surface area contributed by atoms with Gasteiger partial charge in [-0.15, -0.1) is 0 Å². The number of hydrogen-bond donors (Lipinski definition) is 2. The van der Waals surface area contributed by atoms with Crippen LogP contribution in [0.15, 0.2) is 23.2 Å². The lowest BCUT2D eigenvalue weighted by molar-refractivity contribution is 0.0944. The van der Waals surface area contributed by atoms with Crippen molar-refractivity contribution in [3.63, 3.8) is 0 Å². The predicted molar refractivity (Wildman–Crippen MR) is 110 cm³/mol. The first-order valence-corrected chi connectivity index (χ1v) is 11.8. The van der Waals surface area contributed by atoms with Crippen molar-refractivity contribution in [3.05, 3.63) is 28.8 Å². The van der Waals surface area contributed by atoms with Crippen molar-refractivity contribution >= 4 is 50.0 Å². The summed E-state index contributed by atoms with van der Waals surface area (Å²) in [5.74, 6) is 0.0538. The first-order valence-electron chi connectivity index (χ1n) is 8.75. The van der Waals surface area contributed by atoms with Crippen molar-refractivity contribution in [2.75, 3.05) is 36.6 Å². The van der Waals surface area contributed by atoms with Crippen LogP contribution in [-0.2, 0) is 14.6 Å². The fourth-order valence-corrected chi connectivity index (χ4v) is 6.75. The van der Waals surface area contributed by atoms with Crippen molar-refractivity contribution in [3.8, 4) is 0 Å². The topological polar surface area (TPSA) is 96.9 Å². The lowest BCUT2D eigenvalue weighted by Crippen LogP contribution is -2.25. The minimum atomic E-state index is -2.99. The lowest BCUT2D eigenvalue weighted by Gasteiger charge is -2.11. The monoisotopic (exact) mass is 431 g/mol. The van der Waals surface area contributed by atoms with E-state index in [1.807, 2.05) is 6.92 Å². The maximum absolute atomic E-state index is 12.3. The molecular formula is C17H22ClN3O4S2. The Bertz CT molecular complexity index is 845. The molecule has 1 aromatic rings. The highest BCUT2D eigenvalue weighted by Gasteiger charge is 2.42. The number of anilines is 1. The van der Waals surface area contributed by atoms with Gasteiger partial charge in [-0.2, -0.15) is 0 Å². The van der Waals surface area contributed by atoms with E-state index in [-0.39, 0.29) is 28.7 Å². The Morgan fingerprint density at radius 1 is 1.41 bits per heavy atom. The van der Waals surface area contributed by atoms with E-state index in [9.17, 15) is 13.2 Å². The molecule has 3 rings (SSSR count). The SMILES string of the molecule is CCOCCCNC(=O)c1ccc(Cl)c(NC2=N[C@@H]3CS(=O)(=O)C[C@@H]3S2)c1. The molecule has 1 fully saturated rings. The van der Waals surface area contributed by atoms with E-state index < -0.39 is 9.84 Å². The van der Waals surface area contributed by atoms with Crippen molar-refractivity contribution in [1.82, 2.24) is 5.32 Å². The molecule has 0 saturated carbocycles. The minimum absolute atomic E-state index is 0.0481. The Balaban J connectivity index is 1.60. The molecule has 0 aliphatic carbocycles. The number of thioether (sulfide) groups is 1. The van der Waals surface area contributed by atoms with Gasteiger partial charge < -0.3 is 15.4 Å². The Hall–Kier alpha value is -1.29. The predicted octanol–water partition coefficient (Wildman–Crippen LogP) is 2.18. The van der Waals surface area contributed by atoms with Gasteiger partial charge in [0.2, 0.25) is 0 Å². The average molecular weight is 432 g/mol. The highest BCUT2D eigenvalue weighted by Crippen LogP contribution is 2.35. The number of rotatable bonds is 7. The first kappa shape index (κ1) is 20.4. The van der Waals surface area contributed by atoms with E-state index in [0.717, 1.165) is 6.42 Å². The fourth-order valence-electron chi connectivity index (χ4n) is 2.92.